The summed E-state index contributed by atoms with van der Waals surface area (Å²) in [5, 5.41) is 0. The average Bonchev–Trinajstić information content (AvgIpc) is 2.88. The highest BCUT2D eigenvalue weighted by atomic mass is 14.9. The minimum Gasteiger partial charge on any atom is -0.348 e. The Labute approximate surface area is 119 Å². The minimum atomic E-state index is 0.177. The van der Waals surface area contributed by atoms with Gasteiger partial charge in [-0.25, -0.2) is 4.98 Å². The molecule has 0 spiro atoms. The molecule has 0 amide bonds. The van der Waals surface area contributed by atoms with Crippen molar-refractivity contribution in [2.75, 3.05) is 0 Å². The van der Waals surface area contributed by atoms with E-state index in [1.807, 2.05) is 6.33 Å². The summed E-state index contributed by atoms with van der Waals surface area (Å²) in [6, 6.07) is 0. The molecule has 1 heterocycles. The molecule has 0 unspecified atom stereocenters. The fourth-order valence-electron chi connectivity index (χ4n) is 2.81. The van der Waals surface area contributed by atoms with Gasteiger partial charge in [0, 0.05) is 16.5 Å². The summed E-state index contributed by atoms with van der Waals surface area (Å²) in [5.74, 6) is 0. The van der Waals surface area contributed by atoms with Crippen LogP contribution < -0.4 is 0 Å². The van der Waals surface area contributed by atoms with Crippen LogP contribution >= 0.6 is 0 Å². The molecule has 0 aliphatic carbocycles. The van der Waals surface area contributed by atoms with Gasteiger partial charge in [-0.1, -0.05) is 60.8 Å². The predicted molar refractivity (Wildman–Crippen MR) is 83.7 cm³/mol. The number of nitrogens with one attached hydrogen (secondary N) is 1. The van der Waals surface area contributed by atoms with E-state index in [-0.39, 0.29) is 10.8 Å². The van der Waals surface area contributed by atoms with Gasteiger partial charge in [0.05, 0.1) is 12.0 Å². The van der Waals surface area contributed by atoms with E-state index in [4.69, 9.17) is 0 Å². The van der Waals surface area contributed by atoms with Gasteiger partial charge in [0.15, 0.2) is 0 Å². The Bertz CT molecular complexity index is 372. The Balaban J connectivity index is 2.98. The van der Waals surface area contributed by atoms with Crippen LogP contribution in [-0.4, -0.2) is 9.97 Å². The molecule has 1 aromatic heterocycles. The molecule has 0 bridgehead atoms. The second-order valence-corrected chi connectivity index (χ2v) is 6.73. The maximum atomic E-state index is 4.67. The SMILES string of the molecule is CCCCCC(C)(C)c1nc[nH]c1C(C)(CC)CC. The van der Waals surface area contributed by atoms with Crippen molar-refractivity contribution in [3.8, 4) is 0 Å². The van der Waals surface area contributed by atoms with Gasteiger partial charge < -0.3 is 4.98 Å². The van der Waals surface area contributed by atoms with Gasteiger partial charge in [-0.2, -0.15) is 0 Å². The Hall–Kier alpha value is -0.790. The third-order valence-electron chi connectivity index (χ3n) is 4.85. The molecule has 0 atom stereocenters. The van der Waals surface area contributed by atoms with Crippen molar-refractivity contribution in [1.82, 2.24) is 9.97 Å². The summed E-state index contributed by atoms with van der Waals surface area (Å²) in [7, 11) is 0. The van der Waals surface area contributed by atoms with Crippen molar-refractivity contribution in [2.24, 2.45) is 0 Å². The van der Waals surface area contributed by atoms with Gasteiger partial charge in [-0.15, -0.1) is 0 Å². The molecule has 19 heavy (non-hydrogen) atoms. The van der Waals surface area contributed by atoms with E-state index in [1.54, 1.807) is 0 Å². The van der Waals surface area contributed by atoms with Crippen LogP contribution in [0.5, 0.6) is 0 Å². The number of rotatable bonds is 8. The number of aromatic amines is 1. The molecule has 0 radical (unpaired) electrons. The van der Waals surface area contributed by atoms with Crippen LogP contribution in [0.1, 0.15) is 91.5 Å². The lowest BCUT2D eigenvalue weighted by Crippen LogP contribution is -2.28. The van der Waals surface area contributed by atoms with E-state index in [0.717, 1.165) is 12.8 Å². The van der Waals surface area contributed by atoms with E-state index >= 15 is 0 Å². The molecule has 2 nitrogen and oxygen atoms in total. The van der Waals surface area contributed by atoms with Crippen molar-refractivity contribution in [3.05, 3.63) is 17.7 Å². The zero-order valence-corrected chi connectivity index (χ0v) is 13.8. The summed E-state index contributed by atoms with van der Waals surface area (Å²) in [6.45, 7) is 13.9. The highest BCUT2D eigenvalue weighted by molar-refractivity contribution is 5.27. The maximum absolute atomic E-state index is 4.67. The molecule has 0 saturated carbocycles. The number of H-pyrrole nitrogens is 1. The van der Waals surface area contributed by atoms with Crippen LogP contribution in [0.2, 0.25) is 0 Å². The predicted octanol–water partition coefficient (Wildman–Crippen LogP) is 5.35. The standard InChI is InChI=1S/C17H32N2/c1-7-10-11-12-16(4,5)14-15(19-13-18-14)17(6,8-2)9-3/h13H,7-12H2,1-6H3,(H,18,19). The molecule has 0 aromatic carbocycles. The van der Waals surface area contributed by atoms with Crippen molar-refractivity contribution in [3.63, 3.8) is 0 Å². The molecule has 1 rings (SSSR count). The largest absolute Gasteiger partial charge is 0.348 e. The lowest BCUT2D eigenvalue weighted by atomic mass is 9.74. The van der Waals surface area contributed by atoms with Crippen molar-refractivity contribution in [1.29, 1.82) is 0 Å². The first-order valence-corrected chi connectivity index (χ1v) is 7.95. The lowest BCUT2D eigenvalue weighted by molar-refractivity contribution is 0.390. The van der Waals surface area contributed by atoms with E-state index in [9.17, 15) is 0 Å². The zero-order chi connectivity index (χ0) is 14.5. The van der Waals surface area contributed by atoms with Crippen LogP contribution in [0.25, 0.3) is 0 Å². The Morgan fingerprint density at radius 2 is 1.68 bits per heavy atom. The van der Waals surface area contributed by atoms with Crippen molar-refractivity contribution < 1.29 is 0 Å². The second-order valence-electron chi connectivity index (χ2n) is 6.73. The fourth-order valence-corrected chi connectivity index (χ4v) is 2.81. The van der Waals surface area contributed by atoms with E-state index in [2.05, 4.69) is 51.5 Å². The molecule has 0 aliphatic heterocycles. The summed E-state index contributed by atoms with van der Waals surface area (Å²) in [4.78, 5) is 8.11. The zero-order valence-electron chi connectivity index (χ0n) is 13.8. The van der Waals surface area contributed by atoms with Gasteiger partial charge in [0.25, 0.3) is 0 Å². The highest BCUT2D eigenvalue weighted by Gasteiger charge is 2.33. The maximum Gasteiger partial charge on any atom is 0.0925 e. The number of unbranched alkanes of at least 4 members (excludes halogenated alkanes) is 2. The average molecular weight is 264 g/mol. The number of aromatic nitrogens is 2. The van der Waals surface area contributed by atoms with E-state index in [1.165, 1.54) is 37.1 Å². The van der Waals surface area contributed by atoms with E-state index < -0.39 is 0 Å². The van der Waals surface area contributed by atoms with Gasteiger partial charge >= 0.3 is 0 Å². The summed E-state index contributed by atoms with van der Waals surface area (Å²) in [5.41, 5.74) is 3.05. The van der Waals surface area contributed by atoms with Crippen LogP contribution in [-0.2, 0) is 10.8 Å². The highest BCUT2D eigenvalue weighted by Crippen LogP contribution is 2.38. The molecular formula is C17H32N2. The third-order valence-corrected chi connectivity index (χ3v) is 4.85. The van der Waals surface area contributed by atoms with Crippen LogP contribution in [0.3, 0.4) is 0 Å². The molecule has 1 N–H and O–H groups in total. The first-order chi connectivity index (χ1) is 8.91. The first kappa shape index (κ1) is 16.3. The Morgan fingerprint density at radius 1 is 1.05 bits per heavy atom. The normalized spacial score (nSPS) is 12.9. The molecule has 0 fully saturated rings. The van der Waals surface area contributed by atoms with Crippen molar-refractivity contribution in [2.45, 2.75) is 90.9 Å². The summed E-state index contributed by atoms with van der Waals surface area (Å²) in [6.07, 6.45) is 9.32. The molecule has 2 heteroatoms. The molecule has 110 valence electrons. The van der Waals surface area contributed by atoms with Gasteiger partial charge in [-0.05, 0) is 19.3 Å². The fraction of sp³-hybridized carbons (Fsp3) is 0.824. The number of hydrogen-bond acceptors (Lipinski definition) is 1. The molecule has 1 aromatic rings. The summed E-state index contributed by atoms with van der Waals surface area (Å²) < 4.78 is 0. The topological polar surface area (TPSA) is 28.7 Å². The Kier molecular flexibility index (Phi) is 5.64. The van der Waals surface area contributed by atoms with E-state index in [0.29, 0.717) is 0 Å². The van der Waals surface area contributed by atoms with Crippen LogP contribution in [0.15, 0.2) is 6.33 Å². The number of hydrogen-bond donors (Lipinski definition) is 1. The Morgan fingerprint density at radius 3 is 2.21 bits per heavy atom. The minimum absolute atomic E-state index is 0.177. The molecule has 0 aliphatic rings. The number of imidazole rings is 1. The van der Waals surface area contributed by atoms with Crippen LogP contribution in [0.4, 0.5) is 0 Å². The summed E-state index contributed by atoms with van der Waals surface area (Å²) >= 11 is 0. The van der Waals surface area contributed by atoms with Gasteiger partial charge in [0.1, 0.15) is 0 Å². The van der Waals surface area contributed by atoms with Crippen molar-refractivity contribution >= 4 is 0 Å². The van der Waals surface area contributed by atoms with Gasteiger partial charge in [-0.3, -0.25) is 0 Å². The molecule has 0 saturated heterocycles. The first-order valence-electron chi connectivity index (χ1n) is 7.95. The van der Waals surface area contributed by atoms with Crippen LogP contribution in [0, 0.1) is 0 Å². The number of nitrogens with zero attached hydrogens (tertiary/aromatic N) is 1. The van der Waals surface area contributed by atoms with Gasteiger partial charge in [0.2, 0.25) is 0 Å². The smallest absolute Gasteiger partial charge is 0.0925 e. The monoisotopic (exact) mass is 264 g/mol. The molecular weight excluding hydrogens is 232 g/mol. The second kappa shape index (κ2) is 6.58. The lowest BCUT2D eigenvalue weighted by Gasteiger charge is -2.32. The quantitative estimate of drug-likeness (QED) is 0.630. The third kappa shape index (κ3) is 3.61.